The molecule has 0 heterocycles. The van der Waals surface area contributed by atoms with Crippen LogP contribution in [-0.4, -0.2) is 53.6 Å². The van der Waals surface area contributed by atoms with Crippen LogP contribution in [0.2, 0.25) is 0 Å². The number of carbonyl (C=O) groups excluding carboxylic acids is 1. The molecule has 5 nitrogen and oxygen atoms in total. The Balaban J connectivity index is 3.52. The van der Waals surface area contributed by atoms with Crippen molar-refractivity contribution in [1.29, 1.82) is 0 Å². The van der Waals surface area contributed by atoms with E-state index in [1.807, 2.05) is 6.92 Å². The van der Waals surface area contributed by atoms with Gasteiger partial charge in [-0.05, 0) is 13.3 Å². The van der Waals surface area contributed by atoms with Crippen LogP contribution in [-0.2, 0) is 4.79 Å². The predicted molar refractivity (Wildman–Crippen MR) is 122 cm³/mol. The molecule has 0 aliphatic carbocycles. The van der Waals surface area contributed by atoms with Crippen molar-refractivity contribution in [3.05, 3.63) is 0 Å². The average Bonchev–Trinajstić information content (AvgIpc) is 2.71. The standard InChI is InChI=1S/C24H50N2O3/c1-3-5-6-7-8-9-10-11-12-13-14-15-16-17-18-19-24(29)25-26(4-2,20-22-27)21-23-28/h27-28H,3-23H2,1-2H3/p+1. The van der Waals surface area contributed by atoms with Crippen molar-refractivity contribution >= 4 is 5.91 Å². The summed E-state index contributed by atoms with van der Waals surface area (Å²) >= 11 is 0. The molecule has 29 heavy (non-hydrogen) atoms. The lowest BCUT2D eigenvalue weighted by molar-refractivity contribution is -0.960. The third-order valence-corrected chi connectivity index (χ3v) is 6.03. The summed E-state index contributed by atoms with van der Waals surface area (Å²) in [4.78, 5) is 12.2. The fourth-order valence-electron chi connectivity index (χ4n) is 3.98. The van der Waals surface area contributed by atoms with E-state index in [0.717, 1.165) is 12.8 Å². The van der Waals surface area contributed by atoms with Gasteiger partial charge in [0.15, 0.2) is 0 Å². The molecule has 0 aromatic carbocycles. The van der Waals surface area contributed by atoms with Gasteiger partial charge in [-0.15, -0.1) is 0 Å². The quantitative estimate of drug-likeness (QED) is 0.131. The first kappa shape index (κ1) is 28.4. The largest absolute Gasteiger partial charge is 0.390 e. The molecule has 0 aliphatic heterocycles. The molecule has 0 fully saturated rings. The molecule has 0 unspecified atom stereocenters. The van der Waals surface area contributed by atoms with Crippen molar-refractivity contribution in [3.8, 4) is 0 Å². The smallest absolute Gasteiger partial charge is 0.264 e. The number of aliphatic hydroxyl groups excluding tert-OH is 2. The number of quaternary nitrogens is 1. The summed E-state index contributed by atoms with van der Waals surface area (Å²) in [6.07, 6.45) is 20.3. The Morgan fingerprint density at radius 3 is 1.38 bits per heavy atom. The fraction of sp³-hybridized carbons (Fsp3) is 0.958. The molecule has 5 heteroatoms. The predicted octanol–water partition coefficient (Wildman–Crippen LogP) is 5.10. The summed E-state index contributed by atoms with van der Waals surface area (Å²) in [5.41, 5.74) is 3.01. The van der Waals surface area contributed by atoms with Gasteiger partial charge >= 0.3 is 0 Å². The van der Waals surface area contributed by atoms with Crippen molar-refractivity contribution in [3.63, 3.8) is 0 Å². The number of likely N-dealkylation sites (N-methyl/N-ethyl adjacent to an activating group) is 1. The van der Waals surface area contributed by atoms with Gasteiger partial charge in [0.25, 0.3) is 5.91 Å². The van der Waals surface area contributed by atoms with E-state index in [2.05, 4.69) is 12.3 Å². The Hall–Kier alpha value is -0.650. The van der Waals surface area contributed by atoms with Crippen LogP contribution in [0.3, 0.4) is 0 Å². The van der Waals surface area contributed by atoms with Gasteiger partial charge in [0.1, 0.15) is 13.1 Å². The molecule has 1 amide bonds. The van der Waals surface area contributed by atoms with E-state index in [9.17, 15) is 15.0 Å². The molecule has 0 atom stereocenters. The SMILES string of the molecule is CCCCCCCCCCCCCCCCCC(=O)N[N+](CC)(CCO)CCO. The van der Waals surface area contributed by atoms with Crippen LogP contribution in [0.5, 0.6) is 0 Å². The summed E-state index contributed by atoms with van der Waals surface area (Å²) < 4.78 is 0.268. The number of nitrogens with one attached hydrogen (secondary N) is 1. The number of nitrogens with zero attached hydrogens (tertiary/aromatic N) is 1. The van der Waals surface area contributed by atoms with Gasteiger partial charge in [-0.1, -0.05) is 96.8 Å². The van der Waals surface area contributed by atoms with Crippen molar-refractivity contribution in [1.82, 2.24) is 5.43 Å². The summed E-state index contributed by atoms with van der Waals surface area (Å²) in [5, 5.41) is 18.5. The minimum atomic E-state index is 0.00702. The van der Waals surface area contributed by atoms with Crippen LogP contribution in [0.1, 0.15) is 117 Å². The highest BCUT2D eigenvalue weighted by atomic mass is 16.3. The minimum absolute atomic E-state index is 0.00702. The Kier molecular flexibility index (Phi) is 20.2. The zero-order valence-corrected chi connectivity index (χ0v) is 19.6. The van der Waals surface area contributed by atoms with Crippen LogP contribution >= 0.6 is 0 Å². The molecule has 0 spiro atoms. The molecule has 0 saturated carbocycles. The third kappa shape index (κ3) is 16.8. The first-order chi connectivity index (χ1) is 14.1. The molecule has 0 bridgehead atoms. The topological polar surface area (TPSA) is 69.6 Å². The second-order valence-electron chi connectivity index (χ2n) is 8.59. The van der Waals surface area contributed by atoms with Gasteiger partial charge in [0, 0.05) is 6.42 Å². The minimum Gasteiger partial charge on any atom is -0.390 e. The normalized spacial score (nSPS) is 11.7. The van der Waals surface area contributed by atoms with E-state index >= 15 is 0 Å². The number of hydrogen-bond donors (Lipinski definition) is 3. The summed E-state index contributed by atoms with van der Waals surface area (Å²) in [5.74, 6) is 0.0310. The lowest BCUT2D eigenvalue weighted by atomic mass is 10.0. The van der Waals surface area contributed by atoms with Gasteiger partial charge < -0.3 is 10.2 Å². The number of rotatable bonds is 22. The van der Waals surface area contributed by atoms with Crippen molar-refractivity contribution in [2.75, 3.05) is 32.8 Å². The molecular formula is C24H51N2O3+. The van der Waals surface area contributed by atoms with Gasteiger partial charge in [0.2, 0.25) is 0 Å². The molecule has 0 aromatic rings. The zero-order chi connectivity index (χ0) is 21.6. The van der Waals surface area contributed by atoms with Gasteiger partial charge in [-0.2, -0.15) is 0 Å². The van der Waals surface area contributed by atoms with E-state index < -0.39 is 0 Å². The van der Waals surface area contributed by atoms with E-state index in [-0.39, 0.29) is 23.7 Å². The van der Waals surface area contributed by atoms with Crippen molar-refractivity contribution in [2.45, 2.75) is 117 Å². The highest BCUT2D eigenvalue weighted by molar-refractivity contribution is 5.74. The van der Waals surface area contributed by atoms with Crippen LogP contribution in [0.25, 0.3) is 0 Å². The number of hydrogen-bond acceptors (Lipinski definition) is 3. The Morgan fingerprint density at radius 2 is 1.03 bits per heavy atom. The maximum Gasteiger partial charge on any atom is 0.264 e. The van der Waals surface area contributed by atoms with Gasteiger partial charge in [0.05, 0.1) is 19.8 Å². The van der Waals surface area contributed by atoms with E-state index in [0.29, 0.717) is 26.1 Å². The molecule has 0 rings (SSSR count). The fourth-order valence-corrected chi connectivity index (χ4v) is 3.98. The lowest BCUT2D eigenvalue weighted by Crippen LogP contribution is -2.62. The number of carbonyl (C=O) groups is 1. The first-order valence-electron chi connectivity index (χ1n) is 12.5. The maximum atomic E-state index is 12.2. The zero-order valence-electron chi connectivity index (χ0n) is 19.6. The van der Waals surface area contributed by atoms with Crippen molar-refractivity contribution in [2.24, 2.45) is 0 Å². The summed E-state index contributed by atoms with van der Waals surface area (Å²) in [6, 6.07) is 0. The van der Waals surface area contributed by atoms with E-state index in [4.69, 9.17) is 0 Å². The maximum absolute atomic E-state index is 12.2. The van der Waals surface area contributed by atoms with Crippen LogP contribution in [0.4, 0.5) is 0 Å². The van der Waals surface area contributed by atoms with E-state index in [1.165, 1.54) is 83.5 Å². The molecule has 0 aromatic heterocycles. The third-order valence-electron chi connectivity index (χ3n) is 6.03. The van der Waals surface area contributed by atoms with Crippen LogP contribution < -0.4 is 5.43 Å². The highest BCUT2D eigenvalue weighted by Gasteiger charge is 2.27. The lowest BCUT2D eigenvalue weighted by Gasteiger charge is -2.35. The molecule has 174 valence electrons. The molecule has 3 N–H and O–H groups in total. The number of unbranched alkanes of at least 4 members (excludes halogenated alkanes) is 14. The van der Waals surface area contributed by atoms with Crippen molar-refractivity contribution < 1.29 is 19.6 Å². The molecular weight excluding hydrogens is 364 g/mol. The number of amides is 1. The Morgan fingerprint density at radius 1 is 0.655 bits per heavy atom. The second-order valence-corrected chi connectivity index (χ2v) is 8.59. The van der Waals surface area contributed by atoms with Crippen LogP contribution in [0.15, 0.2) is 0 Å². The number of aliphatic hydroxyl groups is 2. The van der Waals surface area contributed by atoms with E-state index in [1.54, 1.807) is 0 Å². The van der Waals surface area contributed by atoms with Gasteiger partial charge in [-0.3, -0.25) is 4.79 Å². The van der Waals surface area contributed by atoms with Gasteiger partial charge in [-0.25, -0.2) is 10.0 Å². The van der Waals surface area contributed by atoms with Crippen LogP contribution in [0, 0.1) is 0 Å². The Bertz CT molecular complexity index is 358. The monoisotopic (exact) mass is 415 g/mol. The molecule has 0 saturated heterocycles. The summed E-state index contributed by atoms with van der Waals surface area (Å²) in [7, 11) is 0. The molecule has 0 radical (unpaired) electrons. The Labute approximate surface area is 180 Å². The molecule has 0 aliphatic rings. The first-order valence-corrected chi connectivity index (χ1v) is 12.5. The second kappa shape index (κ2) is 20.6. The highest BCUT2D eigenvalue weighted by Crippen LogP contribution is 2.14. The summed E-state index contributed by atoms with van der Waals surface area (Å²) in [6.45, 7) is 5.82. The average molecular weight is 416 g/mol.